The summed E-state index contributed by atoms with van der Waals surface area (Å²) in [4.78, 5) is 27.8. The molecule has 1 unspecified atom stereocenters. The molecule has 0 radical (unpaired) electrons. The summed E-state index contributed by atoms with van der Waals surface area (Å²) in [7, 11) is -3.69. The number of para-hydroxylation sites is 1. The van der Waals surface area contributed by atoms with Gasteiger partial charge in [0.25, 0.3) is 5.91 Å². The zero-order chi connectivity index (χ0) is 27.8. The van der Waals surface area contributed by atoms with E-state index in [4.69, 9.17) is 4.74 Å². The minimum absolute atomic E-state index is 0.0546. The first-order valence-corrected chi connectivity index (χ1v) is 15.3. The Kier molecular flexibility index (Phi) is 10.2. The lowest BCUT2D eigenvalue weighted by atomic mass is 9.97. The second kappa shape index (κ2) is 13.1. The molecule has 9 heteroatoms. The van der Waals surface area contributed by atoms with Gasteiger partial charge in [0.05, 0.1) is 18.7 Å². The van der Waals surface area contributed by atoms with Gasteiger partial charge in [-0.15, -0.1) is 0 Å². The van der Waals surface area contributed by atoms with E-state index in [0.717, 1.165) is 44.2 Å². The van der Waals surface area contributed by atoms with Crippen LogP contribution in [0.5, 0.6) is 5.75 Å². The first-order chi connectivity index (χ1) is 18.0. The van der Waals surface area contributed by atoms with Crippen molar-refractivity contribution in [3.05, 3.63) is 59.7 Å². The Bertz CT molecular complexity index is 1190. The molecule has 1 saturated heterocycles. The topological polar surface area (TPSA) is 105 Å². The van der Waals surface area contributed by atoms with Crippen LogP contribution in [0, 0.1) is 0 Å². The van der Waals surface area contributed by atoms with Gasteiger partial charge in [-0.25, -0.2) is 13.1 Å². The summed E-state index contributed by atoms with van der Waals surface area (Å²) in [6.45, 7) is 7.24. The maximum absolute atomic E-state index is 13.1. The number of carbonyl (C=O) groups is 2. The van der Waals surface area contributed by atoms with Gasteiger partial charge < -0.3 is 15.0 Å². The van der Waals surface area contributed by atoms with Gasteiger partial charge in [0.15, 0.2) is 5.60 Å². The first-order valence-electron chi connectivity index (χ1n) is 13.4. The fourth-order valence-electron chi connectivity index (χ4n) is 4.66. The van der Waals surface area contributed by atoms with E-state index < -0.39 is 21.5 Å². The molecule has 0 saturated carbocycles. The molecule has 2 aromatic carbocycles. The summed E-state index contributed by atoms with van der Waals surface area (Å²) in [6.07, 6.45) is 7.74. The number of nitrogens with zero attached hydrogens (tertiary/aromatic N) is 1. The Balaban J connectivity index is 1.67. The predicted molar refractivity (Wildman–Crippen MR) is 151 cm³/mol. The number of rotatable bonds is 12. The molecule has 208 valence electrons. The molecular weight excluding hydrogens is 502 g/mol. The van der Waals surface area contributed by atoms with Crippen molar-refractivity contribution in [2.45, 2.75) is 77.4 Å². The highest BCUT2D eigenvalue weighted by Gasteiger charge is 2.32. The van der Waals surface area contributed by atoms with Gasteiger partial charge in [0.1, 0.15) is 5.75 Å². The van der Waals surface area contributed by atoms with Crippen molar-refractivity contribution in [2.24, 2.45) is 0 Å². The Morgan fingerprint density at radius 2 is 1.68 bits per heavy atom. The number of hydrogen-bond donors (Lipinski definition) is 2. The summed E-state index contributed by atoms with van der Waals surface area (Å²) in [6, 6.07) is 15.3. The van der Waals surface area contributed by atoms with Crippen LogP contribution in [-0.4, -0.2) is 45.2 Å². The van der Waals surface area contributed by atoms with E-state index in [1.807, 2.05) is 10.8 Å². The van der Waals surface area contributed by atoms with Crippen LogP contribution in [0.4, 0.5) is 5.69 Å². The van der Waals surface area contributed by atoms with E-state index in [0.29, 0.717) is 5.75 Å². The number of nitrogens with one attached hydrogen (secondary N) is 2. The maximum Gasteiger partial charge on any atom is 0.277 e. The summed E-state index contributed by atoms with van der Waals surface area (Å²) < 4.78 is 30.4. The minimum Gasteiger partial charge on any atom is -0.478 e. The lowest BCUT2D eigenvalue weighted by molar-refractivity contribution is -0.132. The highest BCUT2D eigenvalue weighted by Crippen LogP contribution is 2.31. The molecule has 2 N–H and O–H groups in total. The van der Waals surface area contributed by atoms with Gasteiger partial charge in [-0.1, -0.05) is 50.1 Å². The molecule has 0 aromatic heterocycles. The van der Waals surface area contributed by atoms with Gasteiger partial charge in [0.2, 0.25) is 15.9 Å². The van der Waals surface area contributed by atoms with Crippen molar-refractivity contribution in [1.82, 2.24) is 10.0 Å². The normalized spacial score (nSPS) is 15.0. The molecule has 2 aromatic rings. The van der Waals surface area contributed by atoms with Crippen LogP contribution >= 0.6 is 0 Å². The van der Waals surface area contributed by atoms with Gasteiger partial charge >= 0.3 is 0 Å². The van der Waals surface area contributed by atoms with Crippen molar-refractivity contribution in [3.63, 3.8) is 0 Å². The quantitative estimate of drug-likeness (QED) is 0.409. The molecule has 38 heavy (non-hydrogen) atoms. The molecule has 1 atom stereocenters. The van der Waals surface area contributed by atoms with Crippen LogP contribution in [0.25, 0.3) is 0 Å². The number of amides is 2. The summed E-state index contributed by atoms with van der Waals surface area (Å²) in [5, 5.41) is 3.28. The smallest absolute Gasteiger partial charge is 0.277 e. The van der Waals surface area contributed by atoms with E-state index in [2.05, 4.69) is 35.3 Å². The molecule has 1 heterocycles. The van der Waals surface area contributed by atoms with Gasteiger partial charge in [-0.2, -0.15) is 0 Å². The number of carbonyl (C=O) groups excluding carboxylic acids is 2. The second-order valence-electron chi connectivity index (χ2n) is 10.5. The van der Waals surface area contributed by atoms with Crippen LogP contribution in [0.3, 0.4) is 0 Å². The highest BCUT2D eigenvalue weighted by atomic mass is 32.2. The van der Waals surface area contributed by atoms with Gasteiger partial charge in [-0.3, -0.25) is 9.59 Å². The fourth-order valence-corrected chi connectivity index (χ4v) is 5.24. The van der Waals surface area contributed by atoms with Crippen molar-refractivity contribution in [1.29, 1.82) is 0 Å². The summed E-state index contributed by atoms with van der Waals surface area (Å²) in [5.74, 6) is -0.411. The molecule has 8 nitrogen and oxygen atoms in total. The highest BCUT2D eigenvalue weighted by molar-refractivity contribution is 7.89. The van der Waals surface area contributed by atoms with Crippen molar-refractivity contribution < 1.29 is 22.7 Å². The fraction of sp³-hybridized carbons (Fsp3) is 0.517. The molecule has 2 amide bonds. The lowest BCUT2D eigenvalue weighted by Gasteiger charge is -2.33. The standard InChI is InChI=1S/C29H41N3O5S/c1-5-6-13-25(24-12-8-9-14-26(24)32-19-10-7-11-20-32)30-27(33)21-22-15-17-23(18-16-22)37-29(2,3)28(34)31-38(4,35)36/h8-9,12,14-18,25H,5-7,10-11,13,19-21H2,1-4H3,(H,30,33)(H,31,34). The Morgan fingerprint density at radius 3 is 2.32 bits per heavy atom. The van der Waals surface area contributed by atoms with Crippen LogP contribution in [-0.2, 0) is 26.0 Å². The molecular formula is C29H41N3O5S. The monoisotopic (exact) mass is 543 g/mol. The van der Waals surface area contributed by atoms with Gasteiger partial charge in [0, 0.05) is 18.8 Å². The number of unbranched alkanes of at least 4 members (excludes halogenated alkanes) is 1. The third kappa shape index (κ3) is 8.75. The third-order valence-corrected chi connectivity index (χ3v) is 7.23. The van der Waals surface area contributed by atoms with Crippen molar-refractivity contribution >= 4 is 27.5 Å². The van der Waals surface area contributed by atoms with Crippen LogP contribution in [0.15, 0.2) is 48.5 Å². The van der Waals surface area contributed by atoms with E-state index in [1.165, 1.54) is 44.4 Å². The molecule has 0 spiro atoms. The maximum atomic E-state index is 13.1. The summed E-state index contributed by atoms with van der Waals surface area (Å²) in [5.41, 5.74) is 1.81. The minimum atomic E-state index is -3.69. The van der Waals surface area contributed by atoms with Crippen molar-refractivity contribution in [3.8, 4) is 5.75 Å². The first kappa shape index (κ1) is 29.5. The number of sulfonamides is 1. The number of benzene rings is 2. The number of anilines is 1. The lowest BCUT2D eigenvalue weighted by Crippen LogP contribution is -2.48. The molecule has 1 aliphatic heterocycles. The average molecular weight is 544 g/mol. The van der Waals surface area contributed by atoms with Crippen LogP contribution < -0.4 is 19.7 Å². The Morgan fingerprint density at radius 1 is 1.03 bits per heavy atom. The third-order valence-electron chi connectivity index (χ3n) is 6.68. The molecule has 1 aliphatic rings. The SMILES string of the molecule is CCCCC(NC(=O)Cc1ccc(OC(C)(C)C(=O)NS(C)(=O)=O)cc1)c1ccccc1N1CCCCC1. The molecule has 1 fully saturated rings. The van der Waals surface area contributed by atoms with Crippen molar-refractivity contribution in [2.75, 3.05) is 24.2 Å². The largest absolute Gasteiger partial charge is 0.478 e. The van der Waals surface area contributed by atoms with Gasteiger partial charge in [-0.05, 0) is 68.9 Å². The average Bonchev–Trinajstić information content (AvgIpc) is 2.87. The van der Waals surface area contributed by atoms with Crippen LogP contribution in [0.1, 0.15) is 76.5 Å². The molecule has 0 bridgehead atoms. The molecule has 3 rings (SSSR count). The zero-order valence-electron chi connectivity index (χ0n) is 23.0. The molecule has 0 aliphatic carbocycles. The zero-order valence-corrected chi connectivity index (χ0v) is 23.8. The van der Waals surface area contributed by atoms with E-state index in [-0.39, 0.29) is 18.4 Å². The van der Waals surface area contributed by atoms with E-state index in [9.17, 15) is 18.0 Å². The van der Waals surface area contributed by atoms with E-state index in [1.54, 1.807) is 24.3 Å². The number of piperidine rings is 1. The number of ether oxygens (including phenoxy) is 1. The van der Waals surface area contributed by atoms with E-state index >= 15 is 0 Å². The number of hydrogen-bond acceptors (Lipinski definition) is 6. The van der Waals surface area contributed by atoms with Crippen LogP contribution in [0.2, 0.25) is 0 Å². The predicted octanol–water partition coefficient (Wildman–Crippen LogP) is 4.50. The Labute approximate surface area is 227 Å². The summed E-state index contributed by atoms with van der Waals surface area (Å²) >= 11 is 0. The second-order valence-corrected chi connectivity index (χ2v) is 12.3. The Hall–Kier alpha value is -3.07.